The molecule has 1 rings (SSSR count). The average molecular weight is 430 g/mol. The Morgan fingerprint density at radius 2 is 1.81 bits per heavy atom. The number of carbonyl (C=O) groups is 3. The van der Waals surface area contributed by atoms with Crippen LogP contribution in [-0.2, 0) is 14.4 Å². The topological polar surface area (TPSA) is 104 Å². The Morgan fingerprint density at radius 3 is 2.39 bits per heavy atom. The van der Waals surface area contributed by atoms with Gasteiger partial charge in [-0.2, -0.15) is 0 Å². The van der Waals surface area contributed by atoms with Gasteiger partial charge in [-0.05, 0) is 63.0 Å². The van der Waals surface area contributed by atoms with Crippen LogP contribution in [0.15, 0.2) is 58.7 Å². The molecule has 0 saturated heterocycles. The Labute approximate surface area is 185 Å². The van der Waals surface area contributed by atoms with Gasteiger partial charge in [-0.3, -0.25) is 9.59 Å². The van der Waals surface area contributed by atoms with Crippen molar-refractivity contribution in [3.63, 3.8) is 0 Å². The fraction of sp³-hybridized carbons (Fsp3) is 0.480. The maximum Gasteiger partial charge on any atom is 0.326 e. The minimum Gasteiger partial charge on any atom is -0.481 e. The van der Waals surface area contributed by atoms with Gasteiger partial charge in [0.05, 0.1) is 0 Å². The third kappa shape index (κ3) is 9.64. The Morgan fingerprint density at radius 1 is 1.13 bits per heavy atom. The summed E-state index contributed by atoms with van der Waals surface area (Å²) in [6.45, 7) is 10.5. The summed E-state index contributed by atoms with van der Waals surface area (Å²) in [4.78, 5) is 33.8. The first-order valence-electron chi connectivity index (χ1n) is 10.6. The molecule has 3 N–H and O–H groups in total. The highest BCUT2D eigenvalue weighted by atomic mass is 16.4. The van der Waals surface area contributed by atoms with E-state index in [1.165, 1.54) is 30.1 Å². The molecule has 0 fully saturated rings. The molecule has 0 aliphatic heterocycles. The average Bonchev–Trinajstić information content (AvgIpc) is 2.63. The second-order valence-electron chi connectivity index (χ2n) is 8.75. The molecule has 0 bridgehead atoms. The molecule has 0 aromatic heterocycles. The van der Waals surface area contributed by atoms with Crippen molar-refractivity contribution < 1.29 is 24.6 Å². The van der Waals surface area contributed by atoms with Crippen molar-refractivity contribution in [2.24, 2.45) is 5.41 Å². The number of hydrogen-bond acceptors (Lipinski definition) is 3. The van der Waals surface area contributed by atoms with E-state index in [0.717, 1.165) is 12.0 Å². The third-order valence-corrected chi connectivity index (χ3v) is 5.39. The summed E-state index contributed by atoms with van der Waals surface area (Å²) >= 11 is 0. The molecule has 0 radical (unpaired) electrons. The Kier molecular flexibility index (Phi) is 10.2. The molecular weight excluding hydrogens is 394 g/mol. The highest BCUT2D eigenvalue weighted by molar-refractivity contribution is 5.92. The lowest BCUT2D eigenvalue weighted by atomic mass is 9.72. The summed E-state index contributed by atoms with van der Waals surface area (Å²) in [6.07, 6.45) is 14.2. The van der Waals surface area contributed by atoms with E-state index >= 15 is 0 Å². The predicted molar refractivity (Wildman–Crippen MR) is 123 cm³/mol. The van der Waals surface area contributed by atoms with Crippen LogP contribution in [0.25, 0.3) is 0 Å². The number of rotatable bonds is 10. The number of carboxylic acid groups (broad SMARTS) is 2. The molecule has 0 aromatic rings. The number of nitrogens with one attached hydrogen (secondary N) is 1. The van der Waals surface area contributed by atoms with Crippen LogP contribution in [0.5, 0.6) is 0 Å². The van der Waals surface area contributed by atoms with Crippen molar-refractivity contribution in [1.82, 2.24) is 5.32 Å². The van der Waals surface area contributed by atoms with Crippen LogP contribution in [-0.4, -0.2) is 34.1 Å². The van der Waals surface area contributed by atoms with Gasteiger partial charge in [-0.1, -0.05) is 55.4 Å². The smallest absolute Gasteiger partial charge is 0.326 e. The van der Waals surface area contributed by atoms with E-state index in [9.17, 15) is 14.4 Å². The van der Waals surface area contributed by atoms with Crippen LogP contribution >= 0.6 is 0 Å². The van der Waals surface area contributed by atoms with Crippen molar-refractivity contribution in [2.75, 3.05) is 0 Å². The van der Waals surface area contributed by atoms with E-state index in [1.54, 1.807) is 13.0 Å². The lowest BCUT2D eigenvalue weighted by molar-refractivity contribution is -0.142. The maximum absolute atomic E-state index is 12.0. The van der Waals surface area contributed by atoms with Gasteiger partial charge in [0.1, 0.15) is 6.04 Å². The number of amides is 1. The molecule has 0 aromatic carbocycles. The van der Waals surface area contributed by atoms with Gasteiger partial charge in [-0.15, -0.1) is 0 Å². The van der Waals surface area contributed by atoms with Gasteiger partial charge in [0.25, 0.3) is 0 Å². The largest absolute Gasteiger partial charge is 0.481 e. The quantitative estimate of drug-likeness (QED) is 0.337. The van der Waals surface area contributed by atoms with Crippen molar-refractivity contribution in [1.29, 1.82) is 0 Å². The number of hydrogen-bond donors (Lipinski definition) is 3. The minimum atomic E-state index is -1.26. The number of aliphatic carboxylic acids is 2. The molecule has 1 aliphatic carbocycles. The molecule has 31 heavy (non-hydrogen) atoms. The normalized spacial score (nSPS) is 18.5. The SMILES string of the molecule is CC1=C(/C=C/C(C)=C/C=C/C(C)=C/C(=O)NC(CCC(=O)O)C(=O)O)C(C)(C)CCC1. The van der Waals surface area contributed by atoms with Gasteiger partial charge < -0.3 is 15.5 Å². The molecule has 1 aliphatic rings. The summed E-state index contributed by atoms with van der Waals surface area (Å²) in [7, 11) is 0. The maximum atomic E-state index is 12.0. The molecule has 1 amide bonds. The fourth-order valence-electron chi connectivity index (χ4n) is 3.63. The lowest BCUT2D eigenvalue weighted by Gasteiger charge is -2.32. The molecule has 170 valence electrons. The summed E-state index contributed by atoms with van der Waals surface area (Å²) < 4.78 is 0. The zero-order valence-corrected chi connectivity index (χ0v) is 19.2. The first-order chi connectivity index (χ1) is 14.4. The molecule has 6 nitrogen and oxygen atoms in total. The van der Waals surface area contributed by atoms with Gasteiger partial charge in [0.2, 0.25) is 5.91 Å². The third-order valence-electron chi connectivity index (χ3n) is 5.39. The number of carboxylic acids is 2. The molecule has 6 heteroatoms. The van der Waals surface area contributed by atoms with E-state index in [1.807, 2.05) is 19.1 Å². The van der Waals surface area contributed by atoms with E-state index < -0.39 is 23.9 Å². The molecule has 1 atom stereocenters. The summed E-state index contributed by atoms with van der Waals surface area (Å²) in [5, 5.41) is 20.1. The Balaban J connectivity index is 2.72. The van der Waals surface area contributed by atoms with E-state index in [2.05, 4.69) is 38.2 Å². The molecular formula is C25H35NO5. The highest BCUT2D eigenvalue weighted by Gasteiger charge is 2.26. The van der Waals surface area contributed by atoms with Gasteiger partial charge in [-0.25, -0.2) is 4.79 Å². The number of allylic oxidation sites excluding steroid dienone is 9. The first-order valence-corrected chi connectivity index (χ1v) is 10.6. The summed E-state index contributed by atoms with van der Waals surface area (Å²) in [5.74, 6) is -2.93. The van der Waals surface area contributed by atoms with Crippen LogP contribution in [0, 0.1) is 5.41 Å². The van der Waals surface area contributed by atoms with Gasteiger partial charge >= 0.3 is 11.9 Å². The van der Waals surface area contributed by atoms with Crippen LogP contribution in [0.2, 0.25) is 0 Å². The summed E-state index contributed by atoms with van der Waals surface area (Å²) in [5.41, 5.74) is 4.78. The number of carbonyl (C=O) groups excluding carboxylic acids is 1. The van der Waals surface area contributed by atoms with E-state index in [0.29, 0.717) is 5.57 Å². The Hall–Kier alpha value is -2.89. The monoisotopic (exact) mass is 429 g/mol. The van der Waals surface area contributed by atoms with Crippen LogP contribution < -0.4 is 5.32 Å². The first kappa shape index (κ1) is 26.1. The van der Waals surface area contributed by atoms with Gasteiger partial charge in [0, 0.05) is 12.5 Å². The minimum absolute atomic E-state index is 0.167. The second kappa shape index (κ2) is 12.1. The standard InChI is InChI=1S/C25H35NO5/c1-17(11-12-20-19(3)10-7-15-25(20,4)5)8-6-9-18(2)16-22(27)26-21(24(30)31)13-14-23(28)29/h6,8-9,11-12,16,21H,7,10,13-15H2,1-5H3,(H,26,27)(H,28,29)(H,30,31)/b9-6+,12-11+,17-8+,18-16+. The van der Waals surface area contributed by atoms with E-state index in [-0.39, 0.29) is 18.3 Å². The highest BCUT2D eigenvalue weighted by Crippen LogP contribution is 2.40. The second-order valence-corrected chi connectivity index (χ2v) is 8.75. The molecule has 1 unspecified atom stereocenters. The molecule has 0 spiro atoms. The van der Waals surface area contributed by atoms with Gasteiger partial charge in [0.15, 0.2) is 0 Å². The lowest BCUT2D eigenvalue weighted by Crippen LogP contribution is -2.40. The molecule has 0 saturated carbocycles. The van der Waals surface area contributed by atoms with Crippen molar-refractivity contribution in [3.8, 4) is 0 Å². The fourth-order valence-corrected chi connectivity index (χ4v) is 3.63. The van der Waals surface area contributed by atoms with E-state index in [4.69, 9.17) is 10.2 Å². The van der Waals surface area contributed by atoms with Crippen molar-refractivity contribution in [3.05, 3.63) is 58.7 Å². The van der Waals surface area contributed by atoms with Crippen LogP contribution in [0.1, 0.15) is 66.7 Å². The van der Waals surface area contributed by atoms with Crippen LogP contribution in [0.3, 0.4) is 0 Å². The van der Waals surface area contributed by atoms with Crippen molar-refractivity contribution >= 4 is 17.8 Å². The summed E-state index contributed by atoms with van der Waals surface area (Å²) in [6, 6.07) is -1.23. The zero-order chi connectivity index (χ0) is 23.6. The van der Waals surface area contributed by atoms with Crippen molar-refractivity contribution in [2.45, 2.75) is 72.8 Å². The predicted octanol–water partition coefficient (Wildman–Crippen LogP) is 4.95. The molecule has 0 heterocycles. The zero-order valence-electron chi connectivity index (χ0n) is 19.2. The van der Waals surface area contributed by atoms with Crippen LogP contribution in [0.4, 0.5) is 0 Å². The Bertz CT molecular complexity index is 840.